The molecule has 2 rings (SSSR count). The van der Waals surface area contributed by atoms with Crippen molar-refractivity contribution in [1.82, 2.24) is 4.98 Å². The summed E-state index contributed by atoms with van der Waals surface area (Å²) in [5.41, 5.74) is 0.383. The van der Waals surface area contributed by atoms with Gasteiger partial charge in [-0.3, -0.25) is 19.9 Å². The molecule has 1 aliphatic rings. The molecule has 0 amide bonds. The van der Waals surface area contributed by atoms with E-state index in [1.54, 1.807) is 11.0 Å². The second-order valence-electron chi connectivity index (χ2n) is 4.19. The van der Waals surface area contributed by atoms with Gasteiger partial charge < -0.3 is 10.0 Å². The molecule has 7 nitrogen and oxygen atoms in total. The first-order valence-corrected chi connectivity index (χ1v) is 5.66. The van der Waals surface area contributed by atoms with Crippen LogP contribution in [0, 0.1) is 10.1 Å². The van der Waals surface area contributed by atoms with Gasteiger partial charge in [-0.15, -0.1) is 0 Å². The van der Waals surface area contributed by atoms with E-state index in [9.17, 15) is 14.9 Å². The smallest absolute Gasteiger partial charge is 0.310 e. The van der Waals surface area contributed by atoms with Crippen LogP contribution in [0.3, 0.4) is 0 Å². The molecule has 1 fully saturated rings. The number of aromatic nitrogens is 1. The standard InChI is InChI=1S/C11H13N3O4/c15-11(16)4-6-13(8-1-2-8)9-3-5-12-7-10(9)14(17)18/h3,5,7-8H,1-2,4,6H2,(H,15,16). The summed E-state index contributed by atoms with van der Waals surface area (Å²) in [5.74, 6) is -0.905. The van der Waals surface area contributed by atoms with Crippen molar-refractivity contribution in [2.24, 2.45) is 0 Å². The summed E-state index contributed by atoms with van der Waals surface area (Å²) >= 11 is 0. The summed E-state index contributed by atoms with van der Waals surface area (Å²) < 4.78 is 0. The Morgan fingerprint density at radius 3 is 2.89 bits per heavy atom. The second kappa shape index (κ2) is 4.99. The van der Waals surface area contributed by atoms with Crippen LogP contribution < -0.4 is 4.90 Å². The van der Waals surface area contributed by atoms with Crippen molar-refractivity contribution < 1.29 is 14.8 Å². The molecule has 1 aromatic rings. The molecule has 1 N–H and O–H groups in total. The first-order valence-electron chi connectivity index (χ1n) is 5.66. The van der Waals surface area contributed by atoms with Crippen molar-refractivity contribution in [3.8, 4) is 0 Å². The van der Waals surface area contributed by atoms with Crippen LogP contribution in [0.1, 0.15) is 19.3 Å². The Morgan fingerprint density at radius 2 is 2.33 bits per heavy atom. The van der Waals surface area contributed by atoms with E-state index in [0.29, 0.717) is 5.69 Å². The predicted octanol–water partition coefficient (Wildman–Crippen LogP) is 1.43. The summed E-state index contributed by atoms with van der Waals surface area (Å²) in [6.07, 6.45) is 4.54. The van der Waals surface area contributed by atoms with Crippen LogP contribution in [0.25, 0.3) is 0 Å². The number of hydrogen-bond acceptors (Lipinski definition) is 5. The highest BCUT2D eigenvalue weighted by Gasteiger charge is 2.33. The zero-order valence-corrected chi connectivity index (χ0v) is 9.65. The molecule has 0 aromatic carbocycles. The van der Waals surface area contributed by atoms with Crippen LogP contribution >= 0.6 is 0 Å². The van der Waals surface area contributed by atoms with E-state index in [0.717, 1.165) is 12.8 Å². The molecule has 0 spiro atoms. The Bertz CT molecular complexity index is 473. The van der Waals surface area contributed by atoms with E-state index in [4.69, 9.17) is 5.11 Å². The third-order valence-corrected chi connectivity index (χ3v) is 2.84. The van der Waals surface area contributed by atoms with Gasteiger partial charge in [-0.25, -0.2) is 0 Å². The van der Waals surface area contributed by atoms with Gasteiger partial charge in [0, 0.05) is 18.8 Å². The number of anilines is 1. The Labute approximate surface area is 103 Å². The highest BCUT2D eigenvalue weighted by atomic mass is 16.6. The molecule has 0 aliphatic heterocycles. The van der Waals surface area contributed by atoms with Gasteiger partial charge >= 0.3 is 11.7 Å². The Kier molecular flexibility index (Phi) is 3.40. The molecule has 0 radical (unpaired) electrons. The maximum Gasteiger partial charge on any atom is 0.310 e. The monoisotopic (exact) mass is 251 g/mol. The van der Waals surface area contributed by atoms with Gasteiger partial charge in [-0.05, 0) is 18.9 Å². The third-order valence-electron chi connectivity index (χ3n) is 2.84. The Morgan fingerprint density at radius 1 is 1.61 bits per heavy atom. The normalized spacial score (nSPS) is 14.2. The lowest BCUT2D eigenvalue weighted by Crippen LogP contribution is -2.29. The molecule has 1 aliphatic carbocycles. The first kappa shape index (κ1) is 12.3. The third kappa shape index (κ3) is 2.73. The van der Waals surface area contributed by atoms with E-state index in [2.05, 4.69) is 4.98 Å². The van der Waals surface area contributed by atoms with Gasteiger partial charge in [-0.1, -0.05) is 0 Å². The molecule has 96 valence electrons. The molecule has 0 saturated heterocycles. The summed E-state index contributed by atoms with van der Waals surface area (Å²) in [5, 5.41) is 19.6. The van der Waals surface area contributed by atoms with Gasteiger partial charge in [0.1, 0.15) is 11.9 Å². The van der Waals surface area contributed by atoms with Crippen molar-refractivity contribution in [2.45, 2.75) is 25.3 Å². The number of carboxylic acid groups (broad SMARTS) is 1. The topological polar surface area (TPSA) is 96.6 Å². The summed E-state index contributed by atoms with van der Waals surface area (Å²) in [6, 6.07) is 1.78. The van der Waals surface area contributed by atoms with Crippen molar-refractivity contribution in [2.75, 3.05) is 11.4 Å². The van der Waals surface area contributed by atoms with Gasteiger partial charge in [-0.2, -0.15) is 0 Å². The SMILES string of the molecule is O=C(O)CCN(c1ccncc1[N+](=O)[O-])C1CC1. The number of pyridine rings is 1. The molecule has 0 unspecified atom stereocenters. The van der Waals surface area contributed by atoms with E-state index >= 15 is 0 Å². The summed E-state index contributed by atoms with van der Waals surface area (Å²) in [6.45, 7) is 0.283. The molecule has 1 heterocycles. The highest BCUT2D eigenvalue weighted by molar-refractivity contribution is 5.69. The van der Waals surface area contributed by atoms with E-state index in [1.807, 2.05) is 0 Å². The predicted molar refractivity (Wildman–Crippen MR) is 63.5 cm³/mol. The maximum atomic E-state index is 10.9. The number of carbonyl (C=O) groups is 1. The van der Waals surface area contributed by atoms with Crippen LogP contribution in [-0.2, 0) is 4.79 Å². The van der Waals surface area contributed by atoms with Crippen molar-refractivity contribution >= 4 is 17.3 Å². The molecular formula is C11H13N3O4. The average molecular weight is 251 g/mol. The number of nitro groups is 1. The molecule has 1 saturated carbocycles. The fraction of sp³-hybridized carbons (Fsp3) is 0.455. The van der Waals surface area contributed by atoms with Crippen molar-refractivity contribution in [1.29, 1.82) is 0 Å². The fourth-order valence-corrected chi connectivity index (χ4v) is 1.86. The summed E-state index contributed by atoms with van der Waals surface area (Å²) in [7, 11) is 0. The number of aliphatic carboxylic acids is 1. The molecule has 1 aromatic heterocycles. The zero-order chi connectivity index (χ0) is 13.1. The number of rotatable bonds is 6. The van der Waals surface area contributed by atoms with Crippen LogP contribution in [0.4, 0.5) is 11.4 Å². The average Bonchev–Trinajstić information content (AvgIpc) is 3.14. The number of carboxylic acids is 1. The van der Waals surface area contributed by atoms with Crippen LogP contribution in [-0.4, -0.2) is 33.6 Å². The van der Waals surface area contributed by atoms with Gasteiger partial charge in [0.05, 0.1) is 11.3 Å². The summed E-state index contributed by atoms with van der Waals surface area (Å²) in [4.78, 5) is 26.6. The molecule has 0 atom stereocenters. The first-order chi connectivity index (χ1) is 8.59. The van der Waals surface area contributed by atoms with Crippen LogP contribution in [0.2, 0.25) is 0 Å². The highest BCUT2D eigenvalue weighted by Crippen LogP contribution is 2.36. The minimum absolute atomic E-state index is 0.0318. The molecular weight excluding hydrogens is 238 g/mol. The lowest BCUT2D eigenvalue weighted by molar-refractivity contribution is -0.384. The van der Waals surface area contributed by atoms with Crippen molar-refractivity contribution in [3.05, 3.63) is 28.6 Å². The van der Waals surface area contributed by atoms with Crippen LogP contribution in [0.15, 0.2) is 18.5 Å². The zero-order valence-electron chi connectivity index (χ0n) is 9.65. The Balaban J connectivity index is 2.24. The molecule has 0 bridgehead atoms. The number of hydrogen-bond donors (Lipinski definition) is 1. The molecule has 18 heavy (non-hydrogen) atoms. The minimum atomic E-state index is -0.905. The van der Waals surface area contributed by atoms with E-state index in [1.165, 1.54) is 12.4 Å². The molecule has 7 heteroatoms. The minimum Gasteiger partial charge on any atom is -0.481 e. The quantitative estimate of drug-likeness (QED) is 0.606. The van der Waals surface area contributed by atoms with Gasteiger partial charge in [0.15, 0.2) is 0 Å². The van der Waals surface area contributed by atoms with Crippen LogP contribution in [0.5, 0.6) is 0 Å². The lowest BCUT2D eigenvalue weighted by Gasteiger charge is -2.23. The second-order valence-corrected chi connectivity index (χ2v) is 4.19. The van der Waals surface area contributed by atoms with Crippen molar-refractivity contribution in [3.63, 3.8) is 0 Å². The fourth-order valence-electron chi connectivity index (χ4n) is 1.86. The number of nitrogens with zero attached hydrogens (tertiary/aromatic N) is 3. The van der Waals surface area contributed by atoms with Gasteiger partial charge in [0.25, 0.3) is 0 Å². The maximum absolute atomic E-state index is 10.9. The lowest BCUT2D eigenvalue weighted by atomic mass is 10.2. The van der Waals surface area contributed by atoms with E-state index in [-0.39, 0.29) is 24.7 Å². The van der Waals surface area contributed by atoms with Gasteiger partial charge in [0.2, 0.25) is 0 Å². The Hall–Kier alpha value is -2.18. The van der Waals surface area contributed by atoms with E-state index < -0.39 is 10.9 Å². The largest absolute Gasteiger partial charge is 0.481 e.